The second kappa shape index (κ2) is 6.59. The Kier molecular flexibility index (Phi) is 4.81. The number of rotatable bonds is 2. The van der Waals surface area contributed by atoms with Crippen molar-refractivity contribution in [1.82, 2.24) is 4.90 Å². The maximum absolute atomic E-state index is 11.6. The quantitative estimate of drug-likeness (QED) is 0.770. The molecule has 5 nitrogen and oxygen atoms in total. The summed E-state index contributed by atoms with van der Waals surface area (Å²) < 4.78 is 10.1. The van der Waals surface area contributed by atoms with E-state index in [1.165, 1.54) is 4.90 Å². The van der Waals surface area contributed by atoms with Gasteiger partial charge in [0, 0.05) is 0 Å². The number of likely N-dealkylation sites (N-methyl/N-ethyl adjacent to an activating group) is 1. The van der Waals surface area contributed by atoms with Gasteiger partial charge in [-0.05, 0) is 18.7 Å². The number of carbonyl (C=O) groups is 2. The summed E-state index contributed by atoms with van der Waals surface area (Å²) in [7, 11) is 0.440. The zero-order valence-electron chi connectivity index (χ0n) is 10.9. The van der Waals surface area contributed by atoms with Gasteiger partial charge in [0.2, 0.25) is 0 Å². The molecule has 1 saturated heterocycles. The maximum atomic E-state index is 11.6. The van der Waals surface area contributed by atoms with E-state index in [4.69, 9.17) is 20.9 Å². The number of carbonyl (C=O) groups excluding carboxylic acids is 2. The van der Waals surface area contributed by atoms with Crippen LogP contribution in [0, 0.1) is 0 Å². The van der Waals surface area contributed by atoms with Crippen molar-refractivity contribution in [2.24, 2.45) is 0 Å². The van der Waals surface area contributed by atoms with Crippen molar-refractivity contribution in [2.45, 2.75) is 0 Å². The first-order valence-corrected chi connectivity index (χ1v) is 6.42. The largest absolute Gasteiger partial charge is 0.648 e. The lowest BCUT2D eigenvalue weighted by Crippen LogP contribution is -2.42. The summed E-state index contributed by atoms with van der Waals surface area (Å²) in [6, 6.07) is 9.24. The van der Waals surface area contributed by atoms with Crippen LogP contribution < -0.4 is 0 Å². The first-order valence-electron chi connectivity index (χ1n) is 6.04. The van der Waals surface area contributed by atoms with Gasteiger partial charge in [-0.25, -0.2) is 0 Å². The Bertz CT molecular complexity index is 514. The Balaban J connectivity index is 2.15. The van der Waals surface area contributed by atoms with Crippen LogP contribution in [-0.2, 0) is 18.9 Å². The fraction of sp³-hybridized carbons (Fsp3) is 0.231. The van der Waals surface area contributed by atoms with Gasteiger partial charge in [-0.3, -0.25) is 14.5 Å². The summed E-state index contributed by atoms with van der Waals surface area (Å²) in [5.41, 5.74) is 0.823. The van der Waals surface area contributed by atoms with Crippen LogP contribution in [0.25, 0.3) is 6.08 Å². The van der Waals surface area contributed by atoms with Crippen molar-refractivity contribution >= 4 is 36.7 Å². The average molecular weight is 294 g/mol. The molecular formula is C13H13BClNO4. The Morgan fingerprint density at radius 1 is 1.20 bits per heavy atom. The first kappa shape index (κ1) is 14.6. The second-order valence-electron chi connectivity index (χ2n) is 4.42. The fourth-order valence-electron chi connectivity index (χ4n) is 1.72. The standard InChI is InChI=1S/C13H13BClNO4/c1-16-8-12(17)19-14(20-13(18)9-16)11(15)7-10-5-3-2-4-6-10/h2-7H,8-9H2,1H3/b11-7-. The third kappa shape index (κ3) is 4.11. The number of benzene rings is 1. The minimum Gasteiger partial charge on any atom is -0.494 e. The van der Waals surface area contributed by atoms with Gasteiger partial charge in [0.1, 0.15) is 0 Å². The maximum Gasteiger partial charge on any atom is 0.648 e. The molecule has 7 heteroatoms. The van der Waals surface area contributed by atoms with Gasteiger partial charge in [0.15, 0.2) is 0 Å². The lowest BCUT2D eigenvalue weighted by atomic mass is 9.87. The molecule has 20 heavy (non-hydrogen) atoms. The molecule has 1 heterocycles. The minimum absolute atomic E-state index is 0.0150. The monoisotopic (exact) mass is 293 g/mol. The molecule has 0 radical (unpaired) electrons. The highest BCUT2D eigenvalue weighted by molar-refractivity contribution is 6.72. The minimum atomic E-state index is -1.19. The first-order chi connectivity index (χ1) is 9.54. The van der Waals surface area contributed by atoms with E-state index in [-0.39, 0.29) is 18.0 Å². The molecule has 0 atom stereocenters. The topological polar surface area (TPSA) is 55.8 Å². The highest BCUT2D eigenvalue weighted by Gasteiger charge is 2.34. The molecule has 1 aliphatic rings. The predicted octanol–water partition coefficient (Wildman–Crippen LogP) is 1.33. The van der Waals surface area contributed by atoms with E-state index < -0.39 is 19.1 Å². The molecule has 0 N–H and O–H groups in total. The molecule has 0 aromatic heterocycles. The third-order valence-electron chi connectivity index (χ3n) is 2.60. The van der Waals surface area contributed by atoms with Crippen LogP contribution in [-0.4, -0.2) is 44.1 Å². The highest BCUT2D eigenvalue weighted by atomic mass is 35.5. The summed E-state index contributed by atoms with van der Waals surface area (Å²) in [4.78, 5) is 24.8. The van der Waals surface area contributed by atoms with E-state index in [1.807, 2.05) is 30.3 Å². The average Bonchev–Trinajstić information content (AvgIpc) is 2.37. The van der Waals surface area contributed by atoms with Crippen molar-refractivity contribution in [3.8, 4) is 0 Å². The molecular weight excluding hydrogens is 280 g/mol. The van der Waals surface area contributed by atoms with Crippen molar-refractivity contribution in [3.63, 3.8) is 0 Å². The van der Waals surface area contributed by atoms with E-state index >= 15 is 0 Å². The van der Waals surface area contributed by atoms with Gasteiger partial charge in [0.05, 0.1) is 18.0 Å². The number of hydrogen-bond acceptors (Lipinski definition) is 5. The lowest BCUT2D eigenvalue weighted by Gasteiger charge is -2.22. The van der Waals surface area contributed by atoms with Crippen molar-refractivity contribution in [3.05, 3.63) is 40.8 Å². The summed E-state index contributed by atoms with van der Waals surface area (Å²) in [6.07, 6.45) is 1.60. The Labute approximate surface area is 122 Å². The van der Waals surface area contributed by atoms with Gasteiger partial charge in [-0.15, -0.1) is 0 Å². The molecule has 0 amide bonds. The van der Waals surface area contributed by atoms with Gasteiger partial charge in [-0.2, -0.15) is 0 Å². The summed E-state index contributed by atoms with van der Waals surface area (Å²) in [5.74, 6) is -0.991. The van der Waals surface area contributed by atoms with Crippen LogP contribution in [0.4, 0.5) is 0 Å². The predicted molar refractivity (Wildman–Crippen MR) is 75.7 cm³/mol. The van der Waals surface area contributed by atoms with E-state index in [0.717, 1.165) is 5.56 Å². The number of hydrogen-bond donors (Lipinski definition) is 0. The van der Waals surface area contributed by atoms with Crippen molar-refractivity contribution in [2.75, 3.05) is 20.1 Å². The van der Waals surface area contributed by atoms with E-state index in [2.05, 4.69) is 0 Å². The molecule has 1 aromatic carbocycles. The zero-order valence-corrected chi connectivity index (χ0v) is 11.7. The smallest absolute Gasteiger partial charge is 0.494 e. The van der Waals surface area contributed by atoms with Gasteiger partial charge in [-0.1, -0.05) is 41.9 Å². The molecule has 1 aromatic rings. The van der Waals surface area contributed by atoms with Crippen LogP contribution in [0.2, 0.25) is 0 Å². The Morgan fingerprint density at radius 3 is 2.30 bits per heavy atom. The van der Waals surface area contributed by atoms with Crippen LogP contribution in [0.15, 0.2) is 35.3 Å². The van der Waals surface area contributed by atoms with E-state index in [9.17, 15) is 9.59 Å². The summed E-state index contributed by atoms with van der Waals surface area (Å²) in [6.45, 7) is 0.0300. The van der Waals surface area contributed by atoms with Gasteiger partial charge in [0.25, 0.3) is 0 Å². The van der Waals surface area contributed by atoms with E-state index in [0.29, 0.717) is 0 Å². The second-order valence-corrected chi connectivity index (χ2v) is 4.86. The molecule has 0 saturated carbocycles. The van der Waals surface area contributed by atoms with Crippen LogP contribution in [0.3, 0.4) is 0 Å². The van der Waals surface area contributed by atoms with Crippen LogP contribution in [0.1, 0.15) is 5.56 Å². The van der Waals surface area contributed by atoms with Gasteiger partial charge >= 0.3 is 19.1 Å². The SMILES string of the molecule is CN1CC(=O)OB(/C(Cl)=C/c2ccccc2)OC(=O)C1. The zero-order chi connectivity index (χ0) is 14.5. The van der Waals surface area contributed by atoms with Gasteiger partial charge < -0.3 is 9.31 Å². The molecule has 0 spiro atoms. The lowest BCUT2D eigenvalue weighted by molar-refractivity contribution is -0.145. The fourth-order valence-corrected chi connectivity index (χ4v) is 1.94. The number of halogens is 1. The molecule has 1 fully saturated rings. The molecule has 104 valence electrons. The van der Waals surface area contributed by atoms with Crippen molar-refractivity contribution < 1.29 is 18.9 Å². The Hall–Kier alpha value is -1.79. The molecule has 0 unspecified atom stereocenters. The van der Waals surface area contributed by atoms with Crippen molar-refractivity contribution in [1.29, 1.82) is 0 Å². The summed E-state index contributed by atoms with van der Waals surface area (Å²) in [5, 5.41) is 0. The summed E-state index contributed by atoms with van der Waals surface area (Å²) >= 11 is 6.08. The molecule has 0 aliphatic carbocycles. The van der Waals surface area contributed by atoms with Crippen LogP contribution >= 0.6 is 11.6 Å². The van der Waals surface area contributed by atoms with Crippen LogP contribution in [0.5, 0.6) is 0 Å². The highest BCUT2D eigenvalue weighted by Crippen LogP contribution is 2.16. The third-order valence-corrected chi connectivity index (χ3v) is 2.89. The molecule has 0 bridgehead atoms. The molecule has 2 rings (SSSR count). The normalized spacial score (nSPS) is 18.1. The molecule has 1 aliphatic heterocycles. The van der Waals surface area contributed by atoms with E-state index in [1.54, 1.807) is 13.1 Å². The Morgan fingerprint density at radius 2 is 1.75 bits per heavy atom. The number of nitrogens with zero attached hydrogens (tertiary/aromatic N) is 1.